The maximum atomic E-state index is 11.3. The molecule has 0 aliphatic heterocycles. The van der Waals surface area contributed by atoms with Crippen LogP contribution < -0.4 is 10.1 Å². The van der Waals surface area contributed by atoms with Gasteiger partial charge in [-0.1, -0.05) is 6.07 Å². The molecule has 1 aliphatic rings. The van der Waals surface area contributed by atoms with Crippen molar-refractivity contribution in [1.82, 2.24) is 0 Å². The summed E-state index contributed by atoms with van der Waals surface area (Å²) in [6, 6.07) is 5.05. The van der Waals surface area contributed by atoms with Crippen LogP contribution in [0.15, 0.2) is 18.2 Å². The number of nitrogens with zero attached hydrogens (tertiary/aromatic N) is 1. The third-order valence-corrected chi connectivity index (χ3v) is 3.16. The molecule has 0 amide bonds. The van der Waals surface area contributed by atoms with E-state index in [4.69, 9.17) is 9.47 Å². The summed E-state index contributed by atoms with van der Waals surface area (Å²) < 4.78 is 11.0. The first-order chi connectivity index (χ1) is 10.1. The summed E-state index contributed by atoms with van der Waals surface area (Å²) in [4.78, 5) is 10.9. The molecule has 0 atom stereocenters. The largest absolute Gasteiger partial charge is 0.484 e. The van der Waals surface area contributed by atoms with Gasteiger partial charge in [-0.3, -0.25) is 10.1 Å². The van der Waals surface area contributed by atoms with Gasteiger partial charge in [0, 0.05) is 13.2 Å². The quantitative estimate of drug-likeness (QED) is 0.430. The van der Waals surface area contributed by atoms with Crippen molar-refractivity contribution < 1.29 is 14.4 Å². The van der Waals surface area contributed by atoms with Gasteiger partial charge in [-0.15, -0.1) is 0 Å². The molecule has 1 fully saturated rings. The van der Waals surface area contributed by atoms with Crippen molar-refractivity contribution in [2.75, 3.05) is 25.1 Å². The third kappa shape index (κ3) is 4.90. The molecule has 1 aromatic carbocycles. The van der Waals surface area contributed by atoms with Crippen molar-refractivity contribution in [1.29, 1.82) is 0 Å². The van der Waals surface area contributed by atoms with Crippen LogP contribution in [0.25, 0.3) is 0 Å². The molecule has 2 rings (SSSR count). The molecule has 0 aromatic heterocycles. The van der Waals surface area contributed by atoms with E-state index in [-0.39, 0.29) is 11.8 Å². The SMILES string of the molecule is CC(C)Oc1cccc(NCCOCC2CC2)c1[N+](=O)[O-]. The number of benzene rings is 1. The zero-order chi connectivity index (χ0) is 15.2. The normalized spacial score (nSPS) is 14.2. The average Bonchev–Trinajstić information content (AvgIpc) is 3.21. The maximum Gasteiger partial charge on any atom is 0.333 e. The second kappa shape index (κ2) is 7.26. The molecule has 1 saturated carbocycles. The Bertz CT molecular complexity index is 487. The smallest absolute Gasteiger partial charge is 0.333 e. The van der Waals surface area contributed by atoms with Gasteiger partial charge in [-0.2, -0.15) is 0 Å². The maximum absolute atomic E-state index is 11.3. The predicted molar refractivity (Wildman–Crippen MR) is 80.9 cm³/mol. The van der Waals surface area contributed by atoms with Gasteiger partial charge in [0.2, 0.25) is 0 Å². The molecule has 1 N–H and O–H groups in total. The summed E-state index contributed by atoms with van der Waals surface area (Å²) in [6.45, 7) is 5.56. The number of nitrogens with one attached hydrogen (secondary N) is 1. The molecule has 0 radical (unpaired) electrons. The number of para-hydroxylation sites is 1. The Balaban J connectivity index is 1.94. The van der Waals surface area contributed by atoms with Crippen molar-refractivity contribution >= 4 is 11.4 Å². The number of nitro benzene ring substituents is 1. The molecule has 1 aromatic rings. The lowest BCUT2D eigenvalue weighted by Gasteiger charge is -2.13. The fourth-order valence-electron chi connectivity index (χ4n) is 1.99. The minimum atomic E-state index is -0.412. The van der Waals surface area contributed by atoms with Crippen LogP contribution in [0.2, 0.25) is 0 Å². The highest BCUT2D eigenvalue weighted by atomic mass is 16.6. The first-order valence-corrected chi connectivity index (χ1v) is 7.33. The number of nitro groups is 1. The van der Waals surface area contributed by atoms with Crippen LogP contribution in [-0.4, -0.2) is 30.8 Å². The number of hydrogen-bond acceptors (Lipinski definition) is 5. The molecular formula is C15H22N2O4. The summed E-state index contributed by atoms with van der Waals surface area (Å²) in [6.07, 6.45) is 2.40. The van der Waals surface area contributed by atoms with Crippen molar-refractivity contribution in [3.63, 3.8) is 0 Å². The zero-order valence-corrected chi connectivity index (χ0v) is 12.5. The van der Waals surface area contributed by atoms with E-state index >= 15 is 0 Å². The van der Waals surface area contributed by atoms with E-state index in [0.29, 0.717) is 24.6 Å². The molecular weight excluding hydrogens is 272 g/mol. The van der Waals surface area contributed by atoms with Crippen molar-refractivity contribution in [3.8, 4) is 5.75 Å². The predicted octanol–water partition coefficient (Wildman–Crippen LogP) is 3.22. The second-order valence-electron chi connectivity index (χ2n) is 5.52. The molecule has 6 heteroatoms. The first-order valence-electron chi connectivity index (χ1n) is 7.33. The zero-order valence-electron chi connectivity index (χ0n) is 12.5. The van der Waals surface area contributed by atoms with Gasteiger partial charge in [0.1, 0.15) is 5.69 Å². The van der Waals surface area contributed by atoms with Gasteiger partial charge < -0.3 is 14.8 Å². The van der Waals surface area contributed by atoms with Crippen LogP contribution in [0.3, 0.4) is 0 Å². The van der Waals surface area contributed by atoms with E-state index in [2.05, 4.69) is 5.32 Å². The van der Waals surface area contributed by atoms with E-state index in [9.17, 15) is 10.1 Å². The molecule has 116 valence electrons. The second-order valence-corrected chi connectivity index (χ2v) is 5.52. The van der Waals surface area contributed by atoms with Gasteiger partial charge in [0.25, 0.3) is 0 Å². The van der Waals surface area contributed by atoms with Crippen molar-refractivity contribution in [3.05, 3.63) is 28.3 Å². The van der Waals surface area contributed by atoms with Gasteiger partial charge >= 0.3 is 5.69 Å². The number of hydrogen-bond donors (Lipinski definition) is 1. The Labute approximate surface area is 124 Å². The minimum absolute atomic E-state index is 0.0200. The lowest BCUT2D eigenvalue weighted by molar-refractivity contribution is -0.385. The monoisotopic (exact) mass is 294 g/mol. The van der Waals surface area contributed by atoms with Crippen LogP contribution in [-0.2, 0) is 4.74 Å². The molecule has 0 bridgehead atoms. The summed E-state index contributed by atoms with van der Waals surface area (Å²) in [7, 11) is 0. The highest BCUT2D eigenvalue weighted by molar-refractivity contribution is 5.68. The molecule has 0 saturated heterocycles. The molecule has 0 unspecified atom stereocenters. The van der Waals surface area contributed by atoms with E-state index < -0.39 is 4.92 Å². The molecule has 1 aliphatic carbocycles. The Morgan fingerprint density at radius 2 is 2.19 bits per heavy atom. The molecule has 6 nitrogen and oxygen atoms in total. The summed E-state index contributed by atoms with van der Waals surface area (Å²) in [5.41, 5.74) is 0.446. The van der Waals surface area contributed by atoms with Crippen LogP contribution in [0, 0.1) is 16.0 Å². The van der Waals surface area contributed by atoms with Crippen LogP contribution in [0.5, 0.6) is 5.75 Å². The number of ether oxygens (including phenoxy) is 2. The van der Waals surface area contributed by atoms with Gasteiger partial charge in [-0.05, 0) is 44.7 Å². The van der Waals surface area contributed by atoms with E-state index in [1.54, 1.807) is 18.2 Å². The number of anilines is 1. The van der Waals surface area contributed by atoms with Crippen molar-refractivity contribution in [2.45, 2.75) is 32.8 Å². The highest BCUT2D eigenvalue weighted by Crippen LogP contribution is 2.35. The summed E-state index contributed by atoms with van der Waals surface area (Å²) in [5.74, 6) is 1.01. The van der Waals surface area contributed by atoms with Gasteiger partial charge in [-0.25, -0.2) is 0 Å². The Kier molecular flexibility index (Phi) is 5.38. The molecule has 0 spiro atoms. The molecule has 21 heavy (non-hydrogen) atoms. The highest BCUT2D eigenvalue weighted by Gasteiger charge is 2.22. The van der Waals surface area contributed by atoms with Gasteiger partial charge in [0.15, 0.2) is 5.75 Å². The van der Waals surface area contributed by atoms with Crippen molar-refractivity contribution in [2.24, 2.45) is 5.92 Å². The van der Waals surface area contributed by atoms with Crippen LogP contribution in [0.1, 0.15) is 26.7 Å². The Hall–Kier alpha value is -1.82. The van der Waals surface area contributed by atoms with E-state index in [1.165, 1.54) is 12.8 Å². The molecule has 0 heterocycles. The Morgan fingerprint density at radius 1 is 1.43 bits per heavy atom. The van der Waals surface area contributed by atoms with Crippen LogP contribution >= 0.6 is 0 Å². The lowest BCUT2D eigenvalue weighted by atomic mass is 10.2. The van der Waals surface area contributed by atoms with Crippen LogP contribution in [0.4, 0.5) is 11.4 Å². The average molecular weight is 294 g/mol. The fourth-order valence-corrected chi connectivity index (χ4v) is 1.99. The van der Waals surface area contributed by atoms with E-state index in [0.717, 1.165) is 12.5 Å². The first kappa shape index (κ1) is 15.6. The fraction of sp³-hybridized carbons (Fsp3) is 0.600. The third-order valence-electron chi connectivity index (χ3n) is 3.16. The topological polar surface area (TPSA) is 73.6 Å². The van der Waals surface area contributed by atoms with E-state index in [1.807, 2.05) is 13.8 Å². The standard InChI is InChI=1S/C15H22N2O4/c1-11(2)21-14-5-3-4-13(15(14)17(18)19)16-8-9-20-10-12-6-7-12/h3-5,11-12,16H,6-10H2,1-2H3. The summed E-state index contributed by atoms with van der Waals surface area (Å²) in [5, 5.41) is 14.3. The summed E-state index contributed by atoms with van der Waals surface area (Å²) >= 11 is 0. The minimum Gasteiger partial charge on any atom is -0.484 e. The Morgan fingerprint density at radius 3 is 2.81 bits per heavy atom. The lowest BCUT2D eigenvalue weighted by Crippen LogP contribution is -2.13. The van der Waals surface area contributed by atoms with Gasteiger partial charge in [0.05, 0.1) is 17.6 Å². The number of rotatable bonds is 9.